The van der Waals surface area contributed by atoms with E-state index in [0.717, 1.165) is 0 Å². The maximum absolute atomic E-state index is 10.9. The molecule has 0 spiro atoms. The van der Waals surface area contributed by atoms with Gasteiger partial charge in [0.05, 0.1) is 26.1 Å². The van der Waals surface area contributed by atoms with E-state index in [1.54, 1.807) is 6.92 Å². The van der Waals surface area contributed by atoms with Gasteiger partial charge in [0.1, 0.15) is 12.7 Å². The van der Waals surface area contributed by atoms with Gasteiger partial charge in [0.2, 0.25) is 0 Å². The second kappa shape index (κ2) is 11.3. The van der Waals surface area contributed by atoms with E-state index in [4.69, 9.17) is 14.9 Å². The zero-order valence-electron chi connectivity index (χ0n) is 10.6. The van der Waals surface area contributed by atoms with Crippen LogP contribution in [0.2, 0.25) is 0 Å². The van der Waals surface area contributed by atoms with E-state index in [-0.39, 0.29) is 63.6 Å². The van der Waals surface area contributed by atoms with Gasteiger partial charge in [-0.15, -0.1) is 0 Å². The molecule has 90 valence electrons. The molecule has 0 heterocycles. The number of carbonyl (C=O) groups is 2. The van der Waals surface area contributed by atoms with Crippen molar-refractivity contribution in [1.82, 2.24) is 0 Å². The van der Waals surface area contributed by atoms with Crippen LogP contribution < -0.4 is 29.6 Å². The third-order valence-electron chi connectivity index (χ3n) is 1.44. The van der Waals surface area contributed by atoms with Crippen molar-refractivity contribution in [3.8, 4) is 0 Å². The quantitative estimate of drug-likeness (QED) is 0.354. The molecule has 0 radical (unpaired) electrons. The third kappa shape index (κ3) is 10.4. The fraction of sp³-hybridized carbons (Fsp3) is 0.778. The molecular weight excluding hydrogens is 227 g/mol. The first kappa shape index (κ1) is 18.2. The van der Waals surface area contributed by atoms with Crippen LogP contribution in [0, 0.1) is 0 Å². The number of aliphatic hydroxyl groups excluding tert-OH is 2. The van der Waals surface area contributed by atoms with Crippen molar-refractivity contribution < 1.29 is 60.3 Å². The Morgan fingerprint density at radius 2 is 1.69 bits per heavy atom. The molecule has 2 N–H and O–H groups in total. The first-order chi connectivity index (χ1) is 7.10. The molecule has 0 fully saturated rings. The monoisotopic (exact) mass is 244 g/mol. The van der Waals surface area contributed by atoms with E-state index in [0.29, 0.717) is 0 Å². The van der Waals surface area contributed by atoms with Crippen molar-refractivity contribution in [2.24, 2.45) is 0 Å². The van der Waals surface area contributed by atoms with Crippen LogP contribution >= 0.6 is 0 Å². The Bertz CT molecular complexity index is 214. The molecular formula is C9H17NaO6. The standard InChI is InChI=1S/C9H16O6.Na.H/c1-7(15-9(13)3-5-11)6-14-8(12)2-4-10;;/h7,10-11H,2-6H2,1H3;;/q;+1;-1. The number of aliphatic hydroxyl groups is 2. The Labute approximate surface area is 118 Å². The average Bonchev–Trinajstić information content (AvgIpc) is 2.15. The number of hydrogen-bond donors (Lipinski definition) is 2. The fourth-order valence-electron chi connectivity index (χ4n) is 0.782. The van der Waals surface area contributed by atoms with Crippen molar-refractivity contribution in [3.63, 3.8) is 0 Å². The van der Waals surface area contributed by atoms with E-state index >= 15 is 0 Å². The third-order valence-corrected chi connectivity index (χ3v) is 1.44. The fourth-order valence-corrected chi connectivity index (χ4v) is 0.782. The molecule has 0 aromatic heterocycles. The summed E-state index contributed by atoms with van der Waals surface area (Å²) in [6.45, 7) is 0.991. The predicted octanol–water partition coefficient (Wildman–Crippen LogP) is -3.66. The number of hydrogen-bond acceptors (Lipinski definition) is 6. The van der Waals surface area contributed by atoms with Gasteiger partial charge in [-0.1, -0.05) is 0 Å². The Morgan fingerprint density at radius 1 is 1.19 bits per heavy atom. The molecule has 1 unspecified atom stereocenters. The summed E-state index contributed by atoms with van der Waals surface area (Å²) < 4.78 is 9.47. The van der Waals surface area contributed by atoms with Crippen LogP contribution in [0.15, 0.2) is 0 Å². The first-order valence-corrected chi connectivity index (χ1v) is 4.67. The summed E-state index contributed by atoms with van der Waals surface area (Å²) in [5, 5.41) is 16.8. The summed E-state index contributed by atoms with van der Waals surface area (Å²) in [7, 11) is 0. The van der Waals surface area contributed by atoms with Crippen molar-refractivity contribution in [2.45, 2.75) is 25.9 Å². The molecule has 0 amide bonds. The normalized spacial score (nSPS) is 11.2. The molecule has 0 saturated heterocycles. The largest absolute Gasteiger partial charge is 1.00 e. The second-order valence-electron chi connectivity index (χ2n) is 2.93. The first-order valence-electron chi connectivity index (χ1n) is 4.67. The molecule has 0 saturated carbocycles. The van der Waals surface area contributed by atoms with Gasteiger partial charge in [-0.2, -0.15) is 0 Å². The molecule has 0 aliphatic carbocycles. The van der Waals surface area contributed by atoms with Crippen LogP contribution in [0.25, 0.3) is 0 Å². The summed E-state index contributed by atoms with van der Waals surface area (Å²) in [4.78, 5) is 21.7. The Hall–Kier alpha value is -0.140. The van der Waals surface area contributed by atoms with Gasteiger partial charge in [-0.05, 0) is 6.92 Å². The van der Waals surface area contributed by atoms with Gasteiger partial charge < -0.3 is 21.1 Å². The van der Waals surface area contributed by atoms with Gasteiger partial charge >= 0.3 is 41.5 Å². The number of ether oxygens (including phenoxy) is 2. The Balaban J connectivity index is -0.000000980. The molecule has 0 aromatic rings. The van der Waals surface area contributed by atoms with E-state index in [9.17, 15) is 9.59 Å². The average molecular weight is 244 g/mol. The minimum atomic E-state index is -0.549. The summed E-state index contributed by atoms with van der Waals surface area (Å²) in [5.74, 6) is -1.08. The molecule has 0 aromatic carbocycles. The topological polar surface area (TPSA) is 93.1 Å². The maximum atomic E-state index is 10.9. The molecule has 0 bridgehead atoms. The van der Waals surface area contributed by atoms with Crippen molar-refractivity contribution in [1.29, 1.82) is 0 Å². The van der Waals surface area contributed by atoms with Crippen molar-refractivity contribution in [2.75, 3.05) is 19.8 Å². The molecule has 0 aliphatic rings. The second-order valence-corrected chi connectivity index (χ2v) is 2.93. The van der Waals surface area contributed by atoms with Crippen LogP contribution in [-0.2, 0) is 19.1 Å². The number of esters is 2. The summed E-state index contributed by atoms with van der Waals surface area (Å²) in [5.41, 5.74) is 0. The van der Waals surface area contributed by atoms with Crippen LogP contribution in [0.3, 0.4) is 0 Å². The molecule has 0 rings (SSSR count). The van der Waals surface area contributed by atoms with Crippen LogP contribution in [-0.4, -0.2) is 48.1 Å². The molecule has 7 heteroatoms. The van der Waals surface area contributed by atoms with Crippen LogP contribution in [0.1, 0.15) is 21.2 Å². The molecule has 16 heavy (non-hydrogen) atoms. The number of carbonyl (C=O) groups excluding carboxylic acids is 2. The SMILES string of the molecule is CC(COC(=O)CCO)OC(=O)CCO.[H-].[Na+]. The van der Waals surface area contributed by atoms with E-state index in [1.807, 2.05) is 0 Å². The minimum absolute atomic E-state index is 0. The van der Waals surface area contributed by atoms with E-state index in [2.05, 4.69) is 4.74 Å². The van der Waals surface area contributed by atoms with Crippen molar-refractivity contribution >= 4 is 11.9 Å². The number of rotatable bonds is 7. The Kier molecular flexibility index (Phi) is 12.9. The zero-order valence-corrected chi connectivity index (χ0v) is 11.6. The van der Waals surface area contributed by atoms with Crippen LogP contribution in [0.4, 0.5) is 0 Å². The van der Waals surface area contributed by atoms with Gasteiger partial charge in [0, 0.05) is 0 Å². The smallest absolute Gasteiger partial charge is 1.00 e. The minimum Gasteiger partial charge on any atom is -1.00 e. The molecule has 0 aliphatic heterocycles. The molecule has 6 nitrogen and oxygen atoms in total. The summed E-state index contributed by atoms with van der Waals surface area (Å²) >= 11 is 0. The van der Waals surface area contributed by atoms with Crippen molar-refractivity contribution in [3.05, 3.63) is 0 Å². The van der Waals surface area contributed by atoms with Gasteiger partial charge in [0.25, 0.3) is 0 Å². The van der Waals surface area contributed by atoms with E-state index in [1.165, 1.54) is 0 Å². The summed E-state index contributed by atoms with van der Waals surface area (Å²) in [6.07, 6.45) is -0.696. The van der Waals surface area contributed by atoms with Gasteiger partial charge in [-0.3, -0.25) is 9.59 Å². The van der Waals surface area contributed by atoms with Gasteiger partial charge in [-0.25, -0.2) is 0 Å². The molecule has 1 atom stereocenters. The van der Waals surface area contributed by atoms with E-state index < -0.39 is 18.0 Å². The zero-order chi connectivity index (χ0) is 11.7. The Morgan fingerprint density at radius 3 is 2.19 bits per heavy atom. The predicted molar refractivity (Wildman–Crippen MR) is 51.0 cm³/mol. The summed E-state index contributed by atoms with van der Waals surface area (Å²) in [6, 6.07) is 0. The van der Waals surface area contributed by atoms with Crippen LogP contribution in [0.5, 0.6) is 0 Å². The van der Waals surface area contributed by atoms with Gasteiger partial charge in [0.15, 0.2) is 0 Å². The maximum Gasteiger partial charge on any atom is 1.00 e.